The summed E-state index contributed by atoms with van der Waals surface area (Å²) in [6.45, 7) is 0. The molecule has 0 radical (unpaired) electrons. The van der Waals surface area contributed by atoms with E-state index >= 15 is 0 Å². The lowest BCUT2D eigenvalue weighted by atomic mass is 10.1. The molecule has 3 aromatic heterocycles. The van der Waals surface area contributed by atoms with E-state index in [4.69, 9.17) is 4.98 Å². The van der Waals surface area contributed by atoms with Crippen LogP contribution in [0.2, 0.25) is 0 Å². The van der Waals surface area contributed by atoms with Gasteiger partial charge in [-0.2, -0.15) is 0 Å². The summed E-state index contributed by atoms with van der Waals surface area (Å²) in [5.74, 6) is 0.923. The Morgan fingerprint density at radius 2 is 0.860 bits per heavy atom. The summed E-state index contributed by atoms with van der Waals surface area (Å²) < 4.78 is 7.04. The molecule has 0 N–H and O–H groups in total. The van der Waals surface area contributed by atoms with E-state index in [0.29, 0.717) is 0 Å². The fourth-order valence-corrected chi connectivity index (χ4v) is 6.60. The SMILES string of the molecule is c1ccc(-c2nc3c(c4cc5c(cc4n3-c3ccccc3)c3ccccc3n5-c3ccccc3)n2-c2ccccc2)cc1. The average Bonchev–Trinajstić information content (AvgIpc) is 3.72. The molecule has 43 heavy (non-hydrogen) atoms. The van der Waals surface area contributed by atoms with Crippen LogP contribution in [0.4, 0.5) is 0 Å². The van der Waals surface area contributed by atoms with Gasteiger partial charge in [-0.15, -0.1) is 0 Å². The largest absolute Gasteiger partial charge is 0.309 e. The minimum absolute atomic E-state index is 0.923. The first-order chi connectivity index (χ1) is 21.4. The van der Waals surface area contributed by atoms with Gasteiger partial charge >= 0.3 is 0 Å². The van der Waals surface area contributed by atoms with Crippen LogP contribution >= 0.6 is 0 Å². The zero-order valence-electron chi connectivity index (χ0n) is 23.3. The summed E-state index contributed by atoms with van der Waals surface area (Å²) in [5, 5.41) is 3.61. The van der Waals surface area contributed by atoms with Crippen molar-refractivity contribution in [2.45, 2.75) is 0 Å². The molecule has 0 saturated heterocycles. The number of para-hydroxylation sites is 4. The molecular formula is C39H26N4. The first-order valence-corrected chi connectivity index (χ1v) is 14.6. The standard InChI is InChI=1S/C39H26N4/c1-5-15-27(16-6-1)38-40-39-37(43(38)30-21-11-4-12-22-30)33-26-35-32(25-36(33)42(39)29-19-9-3-10-20-29)31-23-13-14-24-34(31)41(35)28-17-7-2-8-18-28/h1-26H. The van der Waals surface area contributed by atoms with Gasteiger partial charge in [0, 0.05) is 38.8 Å². The quantitative estimate of drug-likeness (QED) is 0.214. The van der Waals surface area contributed by atoms with Gasteiger partial charge in [-0.1, -0.05) is 103 Å². The molecular weight excluding hydrogens is 524 g/mol. The van der Waals surface area contributed by atoms with Crippen LogP contribution in [-0.4, -0.2) is 18.7 Å². The first-order valence-electron chi connectivity index (χ1n) is 14.6. The van der Waals surface area contributed by atoms with E-state index in [-0.39, 0.29) is 0 Å². The Hall–Kier alpha value is -5.87. The van der Waals surface area contributed by atoms with Crippen molar-refractivity contribution in [1.82, 2.24) is 18.7 Å². The Bertz CT molecular complexity index is 2410. The van der Waals surface area contributed by atoms with Crippen molar-refractivity contribution < 1.29 is 0 Å². The van der Waals surface area contributed by atoms with Crippen LogP contribution in [0.25, 0.3) is 72.3 Å². The molecule has 0 aliphatic heterocycles. The molecule has 0 aliphatic rings. The van der Waals surface area contributed by atoms with Crippen molar-refractivity contribution in [2.24, 2.45) is 0 Å². The third kappa shape index (κ3) is 3.53. The smallest absolute Gasteiger partial charge is 0.165 e. The molecule has 0 bridgehead atoms. The van der Waals surface area contributed by atoms with Crippen LogP contribution in [0.1, 0.15) is 0 Å². The molecule has 9 aromatic rings. The molecule has 4 heteroatoms. The van der Waals surface area contributed by atoms with E-state index in [2.05, 4.69) is 171 Å². The number of hydrogen-bond acceptors (Lipinski definition) is 1. The monoisotopic (exact) mass is 550 g/mol. The average molecular weight is 551 g/mol. The van der Waals surface area contributed by atoms with Crippen LogP contribution < -0.4 is 0 Å². The number of benzene rings is 6. The third-order valence-electron chi connectivity index (χ3n) is 8.43. The number of nitrogens with zero attached hydrogens (tertiary/aromatic N) is 4. The van der Waals surface area contributed by atoms with Crippen molar-refractivity contribution >= 4 is 43.9 Å². The normalized spacial score (nSPS) is 11.7. The highest BCUT2D eigenvalue weighted by Crippen LogP contribution is 2.41. The van der Waals surface area contributed by atoms with Gasteiger partial charge in [0.2, 0.25) is 0 Å². The van der Waals surface area contributed by atoms with Crippen molar-refractivity contribution in [3.05, 3.63) is 158 Å². The van der Waals surface area contributed by atoms with E-state index in [1.165, 1.54) is 21.8 Å². The van der Waals surface area contributed by atoms with Gasteiger partial charge in [0.25, 0.3) is 0 Å². The predicted octanol–water partition coefficient (Wildman–Crippen LogP) is 9.73. The van der Waals surface area contributed by atoms with Crippen LogP contribution in [-0.2, 0) is 0 Å². The summed E-state index contributed by atoms with van der Waals surface area (Å²) in [7, 11) is 0. The fourth-order valence-electron chi connectivity index (χ4n) is 6.60. The summed E-state index contributed by atoms with van der Waals surface area (Å²) in [6.07, 6.45) is 0. The number of fused-ring (bicyclic) bond motifs is 6. The van der Waals surface area contributed by atoms with Gasteiger partial charge in [0.05, 0.1) is 16.6 Å². The second-order valence-corrected chi connectivity index (χ2v) is 10.9. The van der Waals surface area contributed by atoms with E-state index in [9.17, 15) is 0 Å². The van der Waals surface area contributed by atoms with E-state index in [1.807, 2.05) is 0 Å². The number of aromatic nitrogens is 4. The maximum absolute atomic E-state index is 5.41. The summed E-state index contributed by atoms with van der Waals surface area (Å²) in [5.41, 5.74) is 9.93. The van der Waals surface area contributed by atoms with Gasteiger partial charge in [0.15, 0.2) is 5.65 Å². The molecule has 0 aliphatic carbocycles. The first kappa shape index (κ1) is 23.8. The zero-order valence-corrected chi connectivity index (χ0v) is 23.3. The molecule has 202 valence electrons. The Morgan fingerprint density at radius 1 is 0.372 bits per heavy atom. The molecule has 4 nitrogen and oxygen atoms in total. The Labute approximate surface area is 248 Å². The van der Waals surface area contributed by atoms with Crippen LogP contribution in [0, 0.1) is 0 Å². The van der Waals surface area contributed by atoms with Crippen molar-refractivity contribution in [2.75, 3.05) is 0 Å². The van der Waals surface area contributed by atoms with E-state index in [1.54, 1.807) is 0 Å². The molecule has 0 fully saturated rings. The summed E-state index contributed by atoms with van der Waals surface area (Å²) in [4.78, 5) is 5.41. The summed E-state index contributed by atoms with van der Waals surface area (Å²) in [6, 6.07) is 55.8. The van der Waals surface area contributed by atoms with Gasteiger partial charge in [-0.05, 0) is 54.6 Å². The molecule has 6 aromatic carbocycles. The van der Waals surface area contributed by atoms with E-state index < -0.39 is 0 Å². The predicted molar refractivity (Wildman–Crippen MR) is 178 cm³/mol. The van der Waals surface area contributed by atoms with Gasteiger partial charge in [-0.25, -0.2) is 4.98 Å². The molecule has 0 atom stereocenters. The number of rotatable bonds is 4. The van der Waals surface area contributed by atoms with Crippen molar-refractivity contribution in [3.8, 4) is 28.5 Å². The topological polar surface area (TPSA) is 27.7 Å². The molecule has 0 amide bonds. The van der Waals surface area contributed by atoms with Gasteiger partial charge in [-0.3, -0.25) is 9.13 Å². The Morgan fingerprint density at radius 3 is 1.51 bits per heavy atom. The lowest BCUT2D eigenvalue weighted by Gasteiger charge is -2.11. The lowest BCUT2D eigenvalue weighted by Crippen LogP contribution is -1.98. The molecule has 0 unspecified atom stereocenters. The highest BCUT2D eigenvalue weighted by molar-refractivity contribution is 6.18. The van der Waals surface area contributed by atoms with Crippen molar-refractivity contribution in [1.29, 1.82) is 0 Å². The summed E-state index contributed by atoms with van der Waals surface area (Å²) >= 11 is 0. The highest BCUT2D eigenvalue weighted by Gasteiger charge is 2.24. The van der Waals surface area contributed by atoms with Crippen molar-refractivity contribution in [3.63, 3.8) is 0 Å². The minimum atomic E-state index is 0.923. The van der Waals surface area contributed by atoms with Gasteiger partial charge < -0.3 is 4.57 Å². The molecule has 9 rings (SSSR count). The highest BCUT2D eigenvalue weighted by atomic mass is 15.2. The second kappa shape index (κ2) is 9.33. The number of imidazole rings is 1. The Kier molecular flexibility index (Phi) is 5.16. The fraction of sp³-hybridized carbons (Fsp3) is 0. The minimum Gasteiger partial charge on any atom is -0.309 e. The number of hydrogen-bond donors (Lipinski definition) is 0. The maximum Gasteiger partial charge on any atom is 0.165 e. The maximum atomic E-state index is 5.41. The van der Waals surface area contributed by atoms with Crippen LogP contribution in [0.5, 0.6) is 0 Å². The van der Waals surface area contributed by atoms with Gasteiger partial charge in [0.1, 0.15) is 11.3 Å². The zero-order chi connectivity index (χ0) is 28.3. The Balaban J connectivity index is 1.51. The lowest BCUT2D eigenvalue weighted by molar-refractivity contribution is 1.10. The van der Waals surface area contributed by atoms with Crippen LogP contribution in [0.15, 0.2) is 158 Å². The molecule has 0 spiro atoms. The van der Waals surface area contributed by atoms with Crippen LogP contribution in [0.3, 0.4) is 0 Å². The van der Waals surface area contributed by atoms with E-state index in [0.717, 1.165) is 50.5 Å². The second-order valence-electron chi connectivity index (χ2n) is 10.9. The third-order valence-corrected chi connectivity index (χ3v) is 8.43. The molecule has 3 heterocycles. The molecule has 0 saturated carbocycles.